The summed E-state index contributed by atoms with van der Waals surface area (Å²) in [7, 11) is 0. The highest BCUT2D eigenvalue weighted by Gasteiger charge is 2.20. The number of hydrogen-bond donors (Lipinski definition) is 2. The average molecular weight is 402 g/mol. The minimum Gasteiger partial charge on any atom is -0.454 e. The van der Waals surface area contributed by atoms with E-state index in [0.29, 0.717) is 4.88 Å². The van der Waals surface area contributed by atoms with Gasteiger partial charge in [-0.15, -0.1) is 11.3 Å². The fourth-order valence-corrected chi connectivity index (χ4v) is 3.86. The molecule has 4 rings (SSSR count). The lowest BCUT2D eigenvalue weighted by Gasteiger charge is -2.34. The fraction of sp³-hybridized carbons (Fsp3) is 0.368. The van der Waals surface area contributed by atoms with E-state index in [1.165, 1.54) is 16.9 Å². The normalized spacial score (nSPS) is 16.7. The summed E-state index contributed by atoms with van der Waals surface area (Å²) in [4.78, 5) is 28.9. The van der Waals surface area contributed by atoms with Crippen LogP contribution in [-0.2, 0) is 11.3 Å². The molecule has 2 amide bonds. The molecule has 0 aliphatic carbocycles. The molecular weight excluding hydrogens is 380 g/mol. The lowest BCUT2D eigenvalue weighted by atomic mass is 10.1. The Morgan fingerprint density at radius 2 is 1.79 bits per heavy atom. The molecule has 8 nitrogen and oxygen atoms in total. The molecule has 9 heteroatoms. The first-order chi connectivity index (χ1) is 13.7. The molecule has 28 heavy (non-hydrogen) atoms. The lowest BCUT2D eigenvalue weighted by Crippen LogP contribution is -2.51. The number of carbonyl (C=O) groups excluding carboxylic acids is 2. The standard InChI is InChI=1S/C19H22N4O4S/c24-18(20-21-19(25)17-2-1-9-28-17)12-23-7-5-22(6-8-23)11-14-3-4-15-16(10-14)27-13-26-15/h1-4,9-10H,5-8,11-13H2,(H,20,24)(H,21,25). The maximum absolute atomic E-state index is 12.1. The Hall–Kier alpha value is -2.62. The third-order valence-electron chi connectivity index (χ3n) is 4.74. The van der Waals surface area contributed by atoms with Crippen LogP contribution in [0.2, 0.25) is 0 Å². The SMILES string of the molecule is O=C(CN1CCN(Cc2ccc3c(c2)OCO3)CC1)NNC(=O)c1cccs1. The first-order valence-electron chi connectivity index (χ1n) is 9.13. The highest BCUT2D eigenvalue weighted by molar-refractivity contribution is 7.12. The van der Waals surface area contributed by atoms with Crippen LogP contribution in [0.25, 0.3) is 0 Å². The lowest BCUT2D eigenvalue weighted by molar-refractivity contribution is -0.123. The quantitative estimate of drug-likeness (QED) is 0.728. The van der Waals surface area contributed by atoms with Crippen LogP contribution in [0.3, 0.4) is 0 Å². The van der Waals surface area contributed by atoms with E-state index >= 15 is 0 Å². The first kappa shape index (κ1) is 18.7. The summed E-state index contributed by atoms with van der Waals surface area (Å²) < 4.78 is 10.8. The predicted octanol–water partition coefficient (Wildman–Crippen LogP) is 1.06. The van der Waals surface area contributed by atoms with Crippen LogP contribution in [0.4, 0.5) is 0 Å². The van der Waals surface area contributed by atoms with Gasteiger partial charge in [-0.05, 0) is 29.1 Å². The second-order valence-electron chi connectivity index (χ2n) is 6.72. The number of amides is 2. The summed E-state index contributed by atoms with van der Waals surface area (Å²) in [6, 6.07) is 9.54. The van der Waals surface area contributed by atoms with Gasteiger partial charge in [0.2, 0.25) is 6.79 Å². The highest BCUT2D eigenvalue weighted by atomic mass is 32.1. The van der Waals surface area contributed by atoms with Crippen molar-refractivity contribution in [2.45, 2.75) is 6.54 Å². The van der Waals surface area contributed by atoms with Gasteiger partial charge in [0.05, 0.1) is 11.4 Å². The molecule has 2 aliphatic heterocycles. The summed E-state index contributed by atoms with van der Waals surface area (Å²) in [5.74, 6) is 1.09. The number of carbonyl (C=O) groups is 2. The minimum atomic E-state index is -0.295. The molecule has 148 valence electrons. The van der Waals surface area contributed by atoms with E-state index in [1.807, 2.05) is 17.5 Å². The van der Waals surface area contributed by atoms with Crippen molar-refractivity contribution in [1.29, 1.82) is 0 Å². The third kappa shape index (κ3) is 4.61. The molecule has 0 bridgehead atoms. The Kier molecular flexibility index (Phi) is 5.75. The van der Waals surface area contributed by atoms with Gasteiger partial charge in [-0.2, -0.15) is 0 Å². The number of ether oxygens (including phenoxy) is 2. The second-order valence-corrected chi connectivity index (χ2v) is 7.67. The average Bonchev–Trinajstić information content (AvgIpc) is 3.39. The van der Waals surface area contributed by atoms with E-state index in [1.54, 1.807) is 12.1 Å². The number of thiophene rings is 1. The Morgan fingerprint density at radius 3 is 2.57 bits per heavy atom. The largest absolute Gasteiger partial charge is 0.454 e. The van der Waals surface area contributed by atoms with Crippen LogP contribution in [0.5, 0.6) is 11.5 Å². The van der Waals surface area contributed by atoms with Gasteiger partial charge in [0, 0.05) is 32.7 Å². The maximum Gasteiger partial charge on any atom is 0.279 e. The van der Waals surface area contributed by atoms with Crippen molar-refractivity contribution in [3.8, 4) is 11.5 Å². The summed E-state index contributed by atoms with van der Waals surface area (Å²) in [5, 5.41) is 1.82. The smallest absolute Gasteiger partial charge is 0.279 e. The van der Waals surface area contributed by atoms with E-state index in [9.17, 15) is 9.59 Å². The van der Waals surface area contributed by atoms with E-state index in [4.69, 9.17) is 9.47 Å². The van der Waals surface area contributed by atoms with E-state index in [2.05, 4.69) is 26.7 Å². The molecule has 0 radical (unpaired) electrons. The van der Waals surface area contributed by atoms with Gasteiger partial charge >= 0.3 is 0 Å². The van der Waals surface area contributed by atoms with Crippen LogP contribution in [0.15, 0.2) is 35.7 Å². The zero-order valence-corrected chi connectivity index (χ0v) is 16.2. The molecule has 0 saturated carbocycles. The fourth-order valence-electron chi connectivity index (χ4n) is 3.24. The van der Waals surface area contributed by atoms with Gasteiger partial charge in [0.15, 0.2) is 11.5 Å². The van der Waals surface area contributed by atoms with Gasteiger partial charge in [-0.1, -0.05) is 12.1 Å². The van der Waals surface area contributed by atoms with Crippen molar-refractivity contribution in [2.24, 2.45) is 0 Å². The van der Waals surface area contributed by atoms with Crippen LogP contribution in [0, 0.1) is 0 Å². The van der Waals surface area contributed by atoms with E-state index in [-0.39, 0.29) is 25.2 Å². The summed E-state index contributed by atoms with van der Waals surface area (Å²) in [5.41, 5.74) is 6.12. The van der Waals surface area contributed by atoms with Crippen molar-refractivity contribution in [1.82, 2.24) is 20.7 Å². The molecule has 0 unspecified atom stereocenters. The molecule has 1 fully saturated rings. The molecule has 2 N–H and O–H groups in total. The Labute approximate surface area is 167 Å². The van der Waals surface area contributed by atoms with Crippen molar-refractivity contribution < 1.29 is 19.1 Å². The number of nitrogens with one attached hydrogen (secondary N) is 2. The number of piperazine rings is 1. The van der Waals surface area contributed by atoms with Crippen LogP contribution in [0.1, 0.15) is 15.2 Å². The molecule has 1 aromatic heterocycles. The van der Waals surface area contributed by atoms with Gasteiger partial charge in [-0.25, -0.2) is 0 Å². The van der Waals surface area contributed by atoms with Gasteiger partial charge in [0.1, 0.15) is 0 Å². The number of hydrogen-bond acceptors (Lipinski definition) is 7. The first-order valence-corrected chi connectivity index (χ1v) is 10.0. The molecule has 0 spiro atoms. The number of hydrazine groups is 1. The van der Waals surface area contributed by atoms with Gasteiger partial charge in [-0.3, -0.25) is 30.2 Å². The minimum absolute atomic E-state index is 0.214. The van der Waals surface area contributed by atoms with Crippen LogP contribution >= 0.6 is 11.3 Å². The van der Waals surface area contributed by atoms with E-state index < -0.39 is 0 Å². The predicted molar refractivity (Wildman–Crippen MR) is 104 cm³/mol. The number of rotatable bonds is 5. The molecule has 0 atom stereocenters. The molecule has 2 aromatic rings. The van der Waals surface area contributed by atoms with Gasteiger partial charge in [0.25, 0.3) is 11.8 Å². The van der Waals surface area contributed by atoms with E-state index in [0.717, 1.165) is 44.2 Å². The van der Waals surface area contributed by atoms with Crippen molar-refractivity contribution in [3.63, 3.8) is 0 Å². The molecule has 3 heterocycles. The molecule has 1 aromatic carbocycles. The maximum atomic E-state index is 12.1. The zero-order valence-electron chi connectivity index (χ0n) is 15.3. The highest BCUT2D eigenvalue weighted by Crippen LogP contribution is 2.32. The molecule has 1 saturated heterocycles. The molecular formula is C19H22N4O4S. The number of fused-ring (bicyclic) bond motifs is 1. The topological polar surface area (TPSA) is 83.1 Å². The van der Waals surface area contributed by atoms with Crippen molar-refractivity contribution in [3.05, 3.63) is 46.2 Å². The van der Waals surface area contributed by atoms with Crippen LogP contribution < -0.4 is 20.3 Å². The summed E-state index contributed by atoms with van der Waals surface area (Å²) >= 11 is 1.33. The monoisotopic (exact) mass is 402 g/mol. The van der Waals surface area contributed by atoms with Crippen LogP contribution in [-0.4, -0.2) is 61.1 Å². The number of nitrogens with zero attached hydrogens (tertiary/aromatic N) is 2. The zero-order chi connectivity index (χ0) is 19.3. The summed E-state index contributed by atoms with van der Waals surface area (Å²) in [6.07, 6.45) is 0. The van der Waals surface area contributed by atoms with Crippen molar-refractivity contribution >= 4 is 23.2 Å². The third-order valence-corrected chi connectivity index (χ3v) is 5.60. The second kappa shape index (κ2) is 8.59. The summed E-state index contributed by atoms with van der Waals surface area (Å²) in [6.45, 7) is 4.75. The Balaban J connectivity index is 1.18. The number of benzene rings is 1. The van der Waals surface area contributed by atoms with Crippen molar-refractivity contribution in [2.75, 3.05) is 39.5 Å². The van der Waals surface area contributed by atoms with Gasteiger partial charge < -0.3 is 9.47 Å². The Bertz CT molecular complexity index is 834. The Morgan fingerprint density at radius 1 is 1.00 bits per heavy atom. The molecule has 2 aliphatic rings.